The van der Waals surface area contributed by atoms with Gasteiger partial charge in [-0.2, -0.15) is 0 Å². The van der Waals surface area contributed by atoms with Crippen molar-refractivity contribution in [1.29, 1.82) is 0 Å². The van der Waals surface area contributed by atoms with E-state index in [1.165, 1.54) is 12.7 Å². The monoisotopic (exact) mass is 310 g/mol. The molecule has 0 saturated carbocycles. The third kappa shape index (κ3) is 4.11. The van der Waals surface area contributed by atoms with Crippen LogP contribution in [0.1, 0.15) is 21.6 Å². The van der Waals surface area contributed by atoms with Gasteiger partial charge in [0.15, 0.2) is 5.69 Å². The number of hydrogen-bond donors (Lipinski definition) is 1. The fraction of sp³-hybridized carbons (Fsp3) is 0.167. The number of esters is 1. The van der Waals surface area contributed by atoms with E-state index in [2.05, 4.69) is 26.8 Å². The number of rotatable bonds is 3. The molecule has 0 amide bonds. The summed E-state index contributed by atoms with van der Waals surface area (Å²) in [4.78, 5) is 20.0. The summed E-state index contributed by atoms with van der Waals surface area (Å²) >= 11 is 0. The Hall–Kier alpha value is -2.79. The van der Waals surface area contributed by atoms with Crippen LogP contribution in [0, 0.1) is 0 Å². The highest BCUT2D eigenvalue weighted by molar-refractivity contribution is 5.91. The van der Waals surface area contributed by atoms with Crippen LogP contribution in [0.25, 0.3) is 10.9 Å². The molecule has 5 heteroatoms. The topological polar surface area (TPSA) is 72.3 Å². The van der Waals surface area contributed by atoms with Crippen LogP contribution in [0.3, 0.4) is 0 Å². The van der Waals surface area contributed by atoms with Crippen molar-refractivity contribution in [2.75, 3.05) is 14.2 Å². The lowest BCUT2D eigenvalue weighted by molar-refractivity contribution is 0.0594. The maximum atomic E-state index is 11.5. The molecule has 2 heterocycles. The van der Waals surface area contributed by atoms with E-state index in [1.807, 2.05) is 30.5 Å². The lowest BCUT2D eigenvalue weighted by Crippen LogP contribution is -2.04. The lowest BCUT2D eigenvalue weighted by Gasteiger charge is -2.04. The largest absolute Gasteiger partial charge is 0.464 e. The Kier molecular flexibility index (Phi) is 5.77. The molecule has 23 heavy (non-hydrogen) atoms. The molecule has 0 saturated heterocycles. The fourth-order valence-corrected chi connectivity index (χ4v) is 2.21. The smallest absolute Gasteiger partial charge is 0.356 e. The Labute approximate surface area is 134 Å². The van der Waals surface area contributed by atoms with Crippen molar-refractivity contribution in [2.24, 2.45) is 0 Å². The highest BCUT2D eigenvalue weighted by Crippen LogP contribution is 2.16. The van der Waals surface area contributed by atoms with Crippen LogP contribution in [0.5, 0.6) is 0 Å². The Morgan fingerprint density at radius 2 is 1.78 bits per heavy atom. The molecule has 0 aliphatic heterocycles. The van der Waals surface area contributed by atoms with E-state index in [4.69, 9.17) is 5.11 Å². The number of methoxy groups -OCH3 is 1. The Morgan fingerprint density at radius 1 is 1.04 bits per heavy atom. The molecular weight excluding hydrogens is 292 g/mol. The van der Waals surface area contributed by atoms with Crippen LogP contribution in [-0.4, -0.2) is 35.3 Å². The van der Waals surface area contributed by atoms with Crippen molar-refractivity contribution in [2.45, 2.75) is 6.42 Å². The normalized spacial score (nSPS) is 9.87. The minimum Gasteiger partial charge on any atom is -0.464 e. The number of hydrogen-bond acceptors (Lipinski definition) is 5. The summed E-state index contributed by atoms with van der Waals surface area (Å²) in [6, 6.07) is 13.9. The predicted octanol–water partition coefficient (Wildman–Crippen LogP) is 2.62. The molecule has 0 aliphatic carbocycles. The molecule has 5 nitrogen and oxygen atoms in total. The van der Waals surface area contributed by atoms with Crippen molar-refractivity contribution >= 4 is 16.9 Å². The molecule has 3 aromatic rings. The number of benzene rings is 1. The van der Waals surface area contributed by atoms with Gasteiger partial charge >= 0.3 is 5.97 Å². The number of carbonyl (C=O) groups excluding carboxylic acids is 1. The molecule has 0 atom stereocenters. The van der Waals surface area contributed by atoms with Crippen molar-refractivity contribution < 1.29 is 14.6 Å². The van der Waals surface area contributed by atoms with Gasteiger partial charge in [-0.25, -0.2) is 9.78 Å². The molecule has 0 fully saturated rings. The number of nitrogens with zero attached hydrogens (tertiary/aromatic N) is 2. The zero-order valence-corrected chi connectivity index (χ0v) is 13.1. The molecule has 1 aromatic carbocycles. The highest BCUT2D eigenvalue weighted by atomic mass is 16.5. The van der Waals surface area contributed by atoms with E-state index in [-0.39, 0.29) is 5.69 Å². The molecule has 0 radical (unpaired) electrons. The highest BCUT2D eigenvalue weighted by Gasteiger charge is 2.08. The van der Waals surface area contributed by atoms with E-state index < -0.39 is 5.97 Å². The average molecular weight is 310 g/mol. The second-order valence-electron chi connectivity index (χ2n) is 4.76. The van der Waals surface area contributed by atoms with E-state index in [1.54, 1.807) is 12.3 Å². The molecule has 118 valence electrons. The van der Waals surface area contributed by atoms with Gasteiger partial charge in [0.05, 0.1) is 12.6 Å². The standard InChI is InChI=1S/C17H14N2O2.CH4O/c1-21-17(20)16-9-15-14(11-19-16)8-13(10-18-15)7-12-5-3-2-4-6-12;1-2/h2-6,8-11H,7H2,1H3;2H,1H3. The van der Waals surface area contributed by atoms with Gasteiger partial charge in [0.2, 0.25) is 0 Å². The zero-order valence-electron chi connectivity index (χ0n) is 13.1. The van der Waals surface area contributed by atoms with E-state index in [0.29, 0.717) is 0 Å². The summed E-state index contributed by atoms with van der Waals surface area (Å²) in [5, 5.41) is 7.91. The molecule has 1 N–H and O–H groups in total. The van der Waals surface area contributed by atoms with Crippen molar-refractivity contribution in [3.8, 4) is 0 Å². The quantitative estimate of drug-likeness (QED) is 0.753. The molecule has 0 spiro atoms. The first-order chi connectivity index (χ1) is 11.3. The number of aliphatic hydroxyl groups is 1. The lowest BCUT2D eigenvalue weighted by atomic mass is 10.1. The zero-order chi connectivity index (χ0) is 16.7. The molecule has 0 unspecified atom stereocenters. The fourth-order valence-electron chi connectivity index (χ4n) is 2.21. The number of ether oxygens (including phenoxy) is 1. The van der Waals surface area contributed by atoms with Crippen LogP contribution in [0.15, 0.2) is 54.9 Å². The summed E-state index contributed by atoms with van der Waals surface area (Å²) in [6.45, 7) is 0. The van der Waals surface area contributed by atoms with Gasteiger partial charge in [-0.1, -0.05) is 30.3 Å². The van der Waals surface area contributed by atoms with E-state index in [9.17, 15) is 4.79 Å². The first-order valence-corrected chi connectivity index (χ1v) is 7.08. The minimum atomic E-state index is -0.452. The van der Waals surface area contributed by atoms with Crippen LogP contribution >= 0.6 is 0 Å². The molecule has 3 rings (SSSR count). The van der Waals surface area contributed by atoms with Crippen LogP contribution in [-0.2, 0) is 11.2 Å². The third-order valence-electron chi connectivity index (χ3n) is 3.27. The van der Waals surface area contributed by atoms with Gasteiger partial charge < -0.3 is 9.84 Å². The SMILES string of the molecule is CO.COC(=O)c1cc2ncc(Cc3ccccc3)cc2cn1. The molecule has 2 aromatic heterocycles. The summed E-state index contributed by atoms with van der Waals surface area (Å²) < 4.78 is 4.66. The van der Waals surface area contributed by atoms with Gasteiger partial charge in [-0.05, 0) is 29.7 Å². The van der Waals surface area contributed by atoms with E-state index >= 15 is 0 Å². The summed E-state index contributed by atoms with van der Waals surface area (Å²) in [7, 11) is 2.34. The first kappa shape index (κ1) is 16.6. The van der Waals surface area contributed by atoms with Crippen molar-refractivity contribution in [3.05, 3.63) is 71.7 Å². The maximum absolute atomic E-state index is 11.5. The van der Waals surface area contributed by atoms with Crippen molar-refractivity contribution in [3.63, 3.8) is 0 Å². The third-order valence-corrected chi connectivity index (χ3v) is 3.27. The summed E-state index contributed by atoms with van der Waals surface area (Å²) in [5.41, 5.74) is 3.36. The van der Waals surface area contributed by atoms with Gasteiger partial charge in [-0.3, -0.25) is 4.98 Å². The number of aliphatic hydroxyl groups excluding tert-OH is 1. The minimum absolute atomic E-state index is 0.272. The van der Waals surface area contributed by atoms with Crippen LogP contribution in [0.4, 0.5) is 0 Å². The van der Waals surface area contributed by atoms with Gasteiger partial charge in [0.1, 0.15) is 0 Å². The Bertz CT molecular complexity index is 789. The number of fused-ring (bicyclic) bond motifs is 1. The Morgan fingerprint density at radius 3 is 2.48 bits per heavy atom. The first-order valence-electron chi connectivity index (χ1n) is 7.08. The van der Waals surface area contributed by atoms with Crippen molar-refractivity contribution in [1.82, 2.24) is 9.97 Å². The predicted molar refractivity (Wildman–Crippen MR) is 88.3 cm³/mol. The summed E-state index contributed by atoms with van der Waals surface area (Å²) in [5.74, 6) is -0.452. The molecule has 0 bridgehead atoms. The summed E-state index contributed by atoms with van der Waals surface area (Å²) in [6.07, 6.45) is 4.31. The number of carbonyl (C=O) groups is 1. The van der Waals surface area contributed by atoms with Gasteiger partial charge in [0, 0.05) is 24.9 Å². The van der Waals surface area contributed by atoms with E-state index in [0.717, 1.165) is 30.0 Å². The second kappa shape index (κ2) is 8.00. The van der Waals surface area contributed by atoms with Gasteiger partial charge in [0.25, 0.3) is 0 Å². The maximum Gasteiger partial charge on any atom is 0.356 e. The average Bonchev–Trinajstić information content (AvgIpc) is 2.63. The van der Waals surface area contributed by atoms with Crippen LogP contribution < -0.4 is 0 Å². The second-order valence-corrected chi connectivity index (χ2v) is 4.76. The number of aromatic nitrogens is 2. The number of pyridine rings is 2. The van der Waals surface area contributed by atoms with Gasteiger partial charge in [-0.15, -0.1) is 0 Å². The molecular formula is C18H18N2O3. The van der Waals surface area contributed by atoms with Crippen LogP contribution in [0.2, 0.25) is 0 Å². The Balaban J connectivity index is 0.000000924. The molecule has 0 aliphatic rings.